The number of furan rings is 1. The van der Waals surface area contributed by atoms with Crippen LogP contribution in [0.3, 0.4) is 0 Å². The van der Waals surface area contributed by atoms with Gasteiger partial charge in [0.15, 0.2) is 11.3 Å². The molecule has 0 unspecified atom stereocenters. The number of rotatable bonds is 9. The number of hydrogen-bond acceptors (Lipinski definition) is 5. The number of carbonyl (C=O) groups excluding carboxylic acids is 1. The van der Waals surface area contributed by atoms with Gasteiger partial charge >= 0.3 is 0 Å². The molecule has 0 fully saturated rings. The fourth-order valence-electron chi connectivity index (χ4n) is 3.53. The lowest BCUT2D eigenvalue weighted by Gasteiger charge is -2.17. The molecule has 1 amide bonds. The summed E-state index contributed by atoms with van der Waals surface area (Å²) in [5.74, 6) is 2.53. The van der Waals surface area contributed by atoms with Gasteiger partial charge in [-0.2, -0.15) is 0 Å². The van der Waals surface area contributed by atoms with Crippen LogP contribution in [0.5, 0.6) is 11.5 Å². The molecule has 1 aliphatic heterocycles. The van der Waals surface area contributed by atoms with Crippen molar-refractivity contribution >= 4 is 22.6 Å². The number of para-hydroxylation sites is 1. The van der Waals surface area contributed by atoms with Crippen LogP contribution in [0.25, 0.3) is 11.0 Å². The number of methoxy groups -OCH3 is 1. The van der Waals surface area contributed by atoms with E-state index in [9.17, 15) is 4.79 Å². The number of amides is 1. The maximum Gasteiger partial charge on any atom is 0.224 e. The molecule has 6 heteroatoms. The lowest BCUT2D eigenvalue weighted by atomic mass is 10.0. The zero-order valence-corrected chi connectivity index (χ0v) is 16.6. The largest absolute Gasteiger partial charge is 0.494 e. The second kappa shape index (κ2) is 9.01. The molecule has 0 atom stereocenters. The third-order valence-corrected chi connectivity index (χ3v) is 5.07. The number of carbonyl (C=O) groups is 1. The molecular formula is C23H26N2O4. The van der Waals surface area contributed by atoms with Crippen LogP contribution in [0.15, 0.2) is 46.9 Å². The fraction of sp³-hybridized carbons (Fsp3) is 0.348. The Morgan fingerprint density at radius 1 is 1.14 bits per heavy atom. The van der Waals surface area contributed by atoms with E-state index in [1.807, 2.05) is 42.5 Å². The molecule has 1 aliphatic rings. The quantitative estimate of drug-likeness (QED) is 0.530. The average molecular weight is 394 g/mol. The molecule has 2 heterocycles. The molecule has 0 bridgehead atoms. The number of nitrogens with one attached hydrogen (secondary N) is 2. The average Bonchev–Trinajstić information content (AvgIpc) is 3.15. The predicted molar refractivity (Wildman–Crippen MR) is 113 cm³/mol. The number of aryl methyl sites for hydroxylation is 1. The van der Waals surface area contributed by atoms with E-state index in [-0.39, 0.29) is 5.91 Å². The van der Waals surface area contributed by atoms with Crippen molar-refractivity contribution in [2.24, 2.45) is 0 Å². The minimum atomic E-state index is 0.0728. The Labute approximate surface area is 170 Å². The molecule has 29 heavy (non-hydrogen) atoms. The third-order valence-electron chi connectivity index (χ3n) is 5.07. The van der Waals surface area contributed by atoms with Crippen molar-refractivity contribution in [1.82, 2.24) is 5.32 Å². The second-order valence-electron chi connectivity index (χ2n) is 7.19. The summed E-state index contributed by atoms with van der Waals surface area (Å²) in [6.07, 6.45) is 3.31. The molecule has 2 N–H and O–H groups in total. The Balaban J connectivity index is 1.16. The first-order chi connectivity index (χ1) is 14.2. The minimum absolute atomic E-state index is 0.0728. The SMILES string of the molecule is COc1cccc2cc(CNCCCCOc3ccc4c(c3)NC(=O)CC4)oc12. The highest BCUT2D eigenvalue weighted by atomic mass is 16.5. The summed E-state index contributed by atoms with van der Waals surface area (Å²) in [6, 6.07) is 13.9. The van der Waals surface area contributed by atoms with Crippen LogP contribution in [0.4, 0.5) is 5.69 Å². The lowest BCUT2D eigenvalue weighted by Crippen LogP contribution is -2.18. The van der Waals surface area contributed by atoms with Gasteiger partial charge in [-0.1, -0.05) is 18.2 Å². The Kier molecular flexibility index (Phi) is 6.00. The highest BCUT2D eigenvalue weighted by Crippen LogP contribution is 2.29. The van der Waals surface area contributed by atoms with Crippen LogP contribution in [-0.4, -0.2) is 26.2 Å². The van der Waals surface area contributed by atoms with Gasteiger partial charge in [0.2, 0.25) is 5.91 Å². The van der Waals surface area contributed by atoms with Gasteiger partial charge in [-0.05, 0) is 49.6 Å². The molecule has 0 spiro atoms. The zero-order valence-electron chi connectivity index (χ0n) is 16.6. The van der Waals surface area contributed by atoms with Gasteiger partial charge in [0.1, 0.15) is 11.5 Å². The van der Waals surface area contributed by atoms with Gasteiger partial charge < -0.3 is 24.5 Å². The van der Waals surface area contributed by atoms with Crippen LogP contribution >= 0.6 is 0 Å². The molecule has 2 aromatic carbocycles. The maximum atomic E-state index is 11.5. The number of fused-ring (bicyclic) bond motifs is 2. The Bertz CT molecular complexity index is 996. The first-order valence-corrected chi connectivity index (χ1v) is 10.0. The maximum absolute atomic E-state index is 11.5. The van der Waals surface area contributed by atoms with Crippen molar-refractivity contribution in [3.8, 4) is 11.5 Å². The topological polar surface area (TPSA) is 72.7 Å². The van der Waals surface area contributed by atoms with Gasteiger partial charge in [0.25, 0.3) is 0 Å². The van der Waals surface area contributed by atoms with E-state index in [1.54, 1.807) is 7.11 Å². The number of benzene rings is 2. The molecule has 152 valence electrons. The van der Waals surface area contributed by atoms with Crippen LogP contribution in [-0.2, 0) is 17.8 Å². The summed E-state index contributed by atoms with van der Waals surface area (Å²) in [5, 5.41) is 7.36. The summed E-state index contributed by atoms with van der Waals surface area (Å²) in [5.41, 5.74) is 2.84. The summed E-state index contributed by atoms with van der Waals surface area (Å²) >= 11 is 0. The molecule has 0 saturated heterocycles. The minimum Gasteiger partial charge on any atom is -0.494 e. The Morgan fingerprint density at radius 2 is 2.07 bits per heavy atom. The van der Waals surface area contributed by atoms with Gasteiger partial charge in [0, 0.05) is 23.6 Å². The van der Waals surface area contributed by atoms with Crippen molar-refractivity contribution in [3.63, 3.8) is 0 Å². The highest BCUT2D eigenvalue weighted by Gasteiger charge is 2.15. The van der Waals surface area contributed by atoms with Crippen LogP contribution in [0.1, 0.15) is 30.6 Å². The van der Waals surface area contributed by atoms with E-state index in [1.165, 1.54) is 5.56 Å². The van der Waals surface area contributed by atoms with Crippen molar-refractivity contribution in [1.29, 1.82) is 0 Å². The van der Waals surface area contributed by atoms with E-state index < -0.39 is 0 Å². The van der Waals surface area contributed by atoms with Gasteiger partial charge in [0.05, 0.1) is 20.3 Å². The predicted octanol–water partition coefficient (Wildman–Crippen LogP) is 4.27. The molecule has 0 aliphatic carbocycles. The van der Waals surface area contributed by atoms with Gasteiger partial charge in [-0.15, -0.1) is 0 Å². The fourth-order valence-corrected chi connectivity index (χ4v) is 3.53. The van der Waals surface area contributed by atoms with E-state index in [0.717, 1.165) is 59.7 Å². The highest BCUT2D eigenvalue weighted by molar-refractivity contribution is 5.94. The standard InChI is InChI=1S/C23H26N2O4/c1-27-21-6-4-5-17-13-19(29-23(17)21)15-24-11-2-3-12-28-18-9-7-16-8-10-22(26)25-20(16)14-18/h4-7,9,13-14,24H,2-3,8,10-12,15H2,1H3,(H,25,26). The van der Waals surface area contributed by atoms with E-state index >= 15 is 0 Å². The van der Waals surface area contributed by atoms with Crippen molar-refractivity contribution in [3.05, 3.63) is 53.8 Å². The molecular weight excluding hydrogens is 368 g/mol. The molecule has 1 aromatic heterocycles. The van der Waals surface area contributed by atoms with Gasteiger partial charge in [-0.25, -0.2) is 0 Å². The molecule has 4 rings (SSSR count). The second-order valence-corrected chi connectivity index (χ2v) is 7.19. The normalized spacial score (nSPS) is 13.2. The van der Waals surface area contributed by atoms with Crippen molar-refractivity contribution < 1.29 is 18.7 Å². The first-order valence-electron chi connectivity index (χ1n) is 10.0. The Morgan fingerprint density at radius 3 is 2.97 bits per heavy atom. The molecule has 0 saturated carbocycles. The van der Waals surface area contributed by atoms with Crippen LogP contribution < -0.4 is 20.1 Å². The van der Waals surface area contributed by atoms with E-state index in [0.29, 0.717) is 19.6 Å². The summed E-state index contributed by atoms with van der Waals surface area (Å²) in [6.45, 7) is 2.22. The number of ether oxygens (including phenoxy) is 2. The smallest absolute Gasteiger partial charge is 0.224 e. The first kappa shape index (κ1) is 19.3. The number of anilines is 1. The van der Waals surface area contributed by atoms with E-state index in [4.69, 9.17) is 13.9 Å². The van der Waals surface area contributed by atoms with Crippen molar-refractivity contribution in [2.45, 2.75) is 32.2 Å². The number of unbranched alkanes of at least 4 members (excludes halogenated alkanes) is 1. The number of hydrogen-bond donors (Lipinski definition) is 2. The molecule has 6 nitrogen and oxygen atoms in total. The monoisotopic (exact) mass is 394 g/mol. The third kappa shape index (κ3) is 4.71. The summed E-state index contributed by atoms with van der Waals surface area (Å²) < 4.78 is 17.0. The van der Waals surface area contributed by atoms with Gasteiger partial charge in [-0.3, -0.25) is 4.79 Å². The summed E-state index contributed by atoms with van der Waals surface area (Å²) in [4.78, 5) is 11.5. The van der Waals surface area contributed by atoms with Crippen LogP contribution in [0.2, 0.25) is 0 Å². The molecule has 3 aromatic rings. The zero-order chi connectivity index (χ0) is 20.1. The molecule has 0 radical (unpaired) electrons. The summed E-state index contributed by atoms with van der Waals surface area (Å²) in [7, 11) is 1.65. The van der Waals surface area contributed by atoms with E-state index in [2.05, 4.69) is 10.6 Å². The van der Waals surface area contributed by atoms with Crippen molar-refractivity contribution in [2.75, 3.05) is 25.6 Å². The lowest BCUT2D eigenvalue weighted by molar-refractivity contribution is -0.116. The Hall–Kier alpha value is -2.99. The van der Waals surface area contributed by atoms with Crippen LogP contribution in [0, 0.1) is 0 Å².